The third-order valence-electron chi connectivity index (χ3n) is 4.42. The van der Waals surface area contributed by atoms with E-state index in [2.05, 4.69) is 9.97 Å². The summed E-state index contributed by atoms with van der Waals surface area (Å²) in [6.45, 7) is 2.27. The van der Waals surface area contributed by atoms with Gasteiger partial charge in [0, 0.05) is 13.6 Å². The van der Waals surface area contributed by atoms with Crippen LogP contribution in [-0.2, 0) is 24.9 Å². The summed E-state index contributed by atoms with van der Waals surface area (Å²) in [4.78, 5) is 43.2. The van der Waals surface area contributed by atoms with Crippen LogP contribution in [0.4, 0.5) is 0 Å². The second-order valence-corrected chi connectivity index (χ2v) is 6.29. The van der Waals surface area contributed by atoms with Crippen LogP contribution in [-0.4, -0.2) is 25.1 Å². The highest BCUT2D eigenvalue weighted by molar-refractivity contribution is 5.89. The zero-order valence-corrected chi connectivity index (χ0v) is 15.6. The molecular weight excluding hydrogens is 362 g/mol. The van der Waals surface area contributed by atoms with Crippen LogP contribution in [0.1, 0.15) is 41.5 Å². The Balaban J connectivity index is 1.89. The molecule has 0 aliphatic carbocycles. The Bertz CT molecular complexity index is 1180. The van der Waals surface area contributed by atoms with Crippen LogP contribution >= 0.6 is 0 Å². The maximum atomic E-state index is 12.2. The van der Waals surface area contributed by atoms with Crippen LogP contribution in [0.15, 0.2) is 33.9 Å². The summed E-state index contributed by atoms with van der Waals surface area (Å²) in [5.74, 6) is -0.229. The molecule has 144 valence electrons. The minimum absolute atomic E-state index is 0.161. The lowest BCUT2D eigenvalue weighted by Crippen LogP contribution is -2.31. The van der Waals surface area contributed by atoms with Crippen molar-refractivity contribution in [3.05, 3.63) is 62.1 Å². The summed E-state index contributed by atoms with van der Waals surface area (Å²) in [5, 5.41) is 8.81. The summed E-state index contributed by atoms with van der Waals surface area (Å²) in [6, 6.07) is 8.03. The Hall–Kier alpha value is -3.67. The first-order chi connectivity index (χ1) is 13.5. The zero-order chi connectivity index (χ0) is 20.3. The van der Waals surface area contributed by atoms with E-state index in [0.29, 0.717) is 23.5 Å². The third-order valence-corrected chi connectivity index (χ3v) is 4.42. The Kier molecular flexibility index (Phi) is 5.40. The molecule has 9 nitrogen and oxygen atoms in total. The predicted molar refractivity (Wildman–Crippen MR) is 101 cm³/mol. The SMILES string of the molecule is CCCCn1c(=O)[nH]c(=O)c2c1nc(COC(=O)c1ccc(C#N)cc1)n2C. The molecule has 28 heavy (non-hydrogen) atoms. The van der Waals surface area contributed by atoms with Gasteiger partial charge < -0.3 is 9.30 Å². The molecule has 3 aromatic rings. The Labute approximate surface area is 159 Å². The minimum Gasteiger partial charge on any atom is -0.454 e. The second-order valence-electron chi connectivity index (χ2n) is 6.29. The first-order valence-corrected chi connectivity index (χ1v) is 8.82. The van der Waals surface area contributed by atoms with Crippen LogP contribution in [0.5, 0.6) is 0 Å². The second kappa shape index (κ2) is 7.92. The van der Waals surface area contributed by atoms with E-state index in [9.17, 15) is 14.4 Å². The molecule has 0 unspecified atom stereocenters. The fourth-order valence-corrected chi connectivity index (χ4v) is 2.84. The number of nitriles is 1. The lowest BCUT2D eigenvalue weighted by atomic mass is 10.1. The van der Waals surface area contributed by atoms with E-state index in [-0.39, 0.29) is 17.8 Å². The van der Waals surface area contributed by atoms with Gasteiger partial charge in [-0.1, -0.05) is 13.3 Å². The van der Waals surface area contributed by atoms with Gasteiger partial charge in [-0.25, -0.2) is 14.6 Å². The Morgan fingerprint density at radius 2 is 2.00 bits per heavy atom. The van der Waals surface area contributed by atoms with Crippen LogP contribution in [0.2, 0.25) is 0 Å². The fourth-order valence-electron chi connectivity index (χ4n) is 2.84. The number of H-pyrrole nitrogens is 1. The van der Waals surface area contributed by atoms with Crippen molar-refractivity contribution in [1.82, 2.24) is 19.1 Å². The molecule has 0 radical (unpaired) electrons. The normalized spacial score (nSPS) is 10.8. The predicted octanol–water partition coefficient (Wildman–Crippen LogP) is 1.45. The molecule has 0 saturated carbocycles. The van der Waals surface area contributed by atoms with Crippen molar-refractivity contribution in [3.63, 3.8) is 0 Å². The largest absolute Gasteiger partial charge is 0.454 e. The zero-order valence-electron chi connectivity index (χ0n) is 15.6. The van der Waals surface area contributed by atoms with Crippen molar-refractivity contribution in [2.75, 3.05) is 0 Å². The van der Waals surface area contributed by atoms with E-state index in [1.807, 2.05) is 13.0 Å². The number of hydrogen-bond donors (Lipinski definition) is 1. The number of unbranched alkanes of at least 4 members (excludes halogenated alkanes) is 1. The number of carbonyl (C=O) groups excluding carboxylic acids is 1. The number of aromatic nitrogens is 4. The number of carbonyl (C=O) groups is 1. The van der Waals surface area contributed by atoms with Crippen LogP contribution in [0.3, 0.4) is 0 Å². The molecule has 0 bridgehead atoms. The number of aromatic amines is 1. The summed E-state index contributed by atoms with van der Waals surface area (Å²) in [7, 11) is 1.63. The molecule has 1 N–H and O–H groups in total. The van der Waals surface area contributed by atoms with Crippen LogP contribution in [0, 0.1) is 11.3 Å². The van der Waals surface area contributed by atoms with E-state index >= 15 is 0 Å². The number of rotatable bonds is 6. The van der Waals surface area contributed by atoms with Gasteiger partial charge in [-0.2, -0.15) is 5.26 Å². The average Bonchev–Trinajstić information content (AvgIpc) is 3.02. The summed E-state index contributed by atoms with van der Waals surface area (Å²) in [5.41, 5.74) is 0.221. The Morgan fingerprint density at radius 3 is 2.64 bits per heavy atom. The van der Waals surface area contributed by atoms with Gasteiger partial charge in [0.1, 0.15) is 12.4 Å². The standard InChI is InChI=1S/C19H19N5O4/c1-3-4-9-24-16-15(17(25)22-19(24)27)23(2)14(21-16)11-28-18(26)13-7-5-12(10-20)6-8-13/h5-8H,3-4,9,11H2,1-2H3,(H,22,25,27). The maximum Gasteiger partial charge on any atom is 0.338 e. The maximum absolute atomic E-state index is 12.2. The molecule has 2 aromatic heterocycles. The van der Waals surface area contributed by atoms with Crippen molar-refractivity contribution in [1.29, 1.82) is 5.26 Å². The van der Waals surface area contributed by atoms with Crippen molar-refractivity contribution in [3.8, 4) is 6.07 Å². The van der Waals surface area contributed by atoms with Crippen molar-refractivity contribution < 1.29 is 9.53 Å². The molecule has 0 atom stereocenters. The molecule has 0 spiro atoms. The highest BCUT2D eigenvalue weighted by Gasteiger charge is 2.17. The topological polar surface area (TPSA) is 123 Å². The monoisotopic (exact) mass is 381 g/mol. The molecule has 0 saturated heterocycles. The number of hydrogen-bond acceptors (Lipinski definition) is 6. The van der Waals surface area contributed by atoms with E-state index < -0.39 is 17.2 Å². The van der Waals surface area contributed by atoms with Crippen molar-refractivity contribution >= 4 is 17.1 Å². The average molecular weight is 381 g/mol. The minimum atomic E-state index is -0.575. The van der Waals surface area contributed by atoms with Crippen molar-refractivity contribution in [2.45, 2.75) is 32.9 Å². The number of fused-ring (bicyclic) bond motifs is 1. The highest BCUT2D eigenvalue weighted by Crippen LogP contribution is 2.12. The number of ether oxygens (including phenoxy) is 1. The molecule has 0 fully saturated rings. The summed E-state index contributed by atoms with van der Waals surface area (Å²) >= 11 is 0. The van der Waals surface area contributed by atoms with Gasteiger partial charge in [0.05, 0.1) is 17.2 Å². The quantitative estimate of drug-likeness (QED) is 0.645. The molecule has 9 heteroatoms. The lowest BCUT2D eigenvalue weighted by Gasteiger charge is -2.05. The van der Waals surface area contributed by atoms with E-state index in [1.165, 1.54) is 33.4 Å². The van der Waals surface area contributed by atoms with Gasteiger partial charge in [-0.15, -0.1) is 0 Å². The molecule has 2 heterocycles. The van der Waals surface area contributed by atoms with Gasteiger partial charge in [-0.3, -0.25) is 14.3 Å². The first-order valence-electron chi connectivity index (χ1n) is 8.82. The number of esters is 1. The van der Waals surface area contributed by atoms with E-state index in [4.69, 9.17) is 10.00 Å². The Morgan fingerprint density at radius 1 is 1.29 bits per heavy atom. The van der Waals surface area contributed by atoms with E-state index in [0.717, 1.165) is 12.8 Å². The van der Waals surface area contributed by atoms with Gasteiger partial charge in [-0.05, 0) is 30.7 Å². The molecule has 0 aliphatic rings. The van der Waals surface area contributed by atoms with Gasteiger partial charge in [0.25, 0.3) is 5.56 Å². The molecule has 3 rings (SSSR count). The molecule has 1 aromatic carbocycles. The number of nitrogens with one attached hydrogen (secondary N) is 1. The molecular formula is C19H19N5O4. The van der Waals surface area contributed by atoms with Crippen molar-refractivity contribution in [2.24, 2.45) is 7.05 Å². The highest BCUT2D eigenvalue weighted by atomic mass is 16.5. The summed E-state index contributed by atoms with van der Waals surface area (Å²) < 4.78 is 8.22. The number of imidazole rings is 1. The van der Waals surface area contributed by atoms with Gasteiger partial charge in [0.2, 0.25) is 0 Å². The van der Waals surface area contributed by atoms with Gasteiger partial charge >= 0.3 is 11.7 Å². The summed E-state index contributed by atoms with van der Waals surface area (Å²) in [6.07, 6.45) is 1.65. The third kappa shape index (κ3) is 3.57. The smallest absolute Gasteiger partial charge is 0.338 e. The molecule has 0 amide bonds. The first kappa shape index (κ1) is 19.1. The van der Waals surface area contributed by atoms with Crippen LogP contribution in [0.25, 0.3) is 11.2 Å². The fraction of sp³-hybridized carbons (Fsp3) is 0.316. The molecule has 0 aliphatic heterocycles. The number of benzene rings is 1. The number of nitrogens with zero attached hydrogens (tertiary/aromatic N) is 4. The van der Waals surface area contributed by atoms with Gasteiger partial charge in [0.15, 0.2) is 11.2 Å². The number of aryl methyl sites for hydroxylation is 2. The van der Waals surface area contributed by atoms with E-state index in [1.54, 1.807) is 7.05 Å². The van der Waals surface area contributed by atoms with Crippen LogP contribution < -0.4 is 11.2 Å². The lowest BCUT2D eigenvalue weighted by molar-refractivity contribution is 0.0459.